The number of hydrogen-bond acceptors (Lipinski definition) is 6. The highest BCUT2D eigenvalue weighted by Crippen LogP contribution is 2.27. The molecule has 0 aliphatic carbocycles. The molecule has 4 rings (SSSR count). The molecule has 0 spiro atoms. The first-order valence-corrected chi connectivity index (χ1v) is 11.8. The van der Waals surface area contributed by atoms with Gasteiger partial charge in [-0.1, -0.05) is 31.1 Å². The highest BCUT2D eigenvalue weighted by atomic mass is 79.9. The van der Waals surface area contributed by atoms with E-state index in [4.69, 9.17) is 4.52 Å². The van der Waals surface area contributed by atoms with Crippen molar-refractivity contribution in [1.29, 1.82) is 0 Å². The quantitative estimate of drug-likeness (QED) is 0.554. The number of carbonyl (C=O) groups excluding carboxylic acids is 1. The van der Waals surface area contributed by atoms with Crippen LogP contribution in [0.15, 0.2) is 50.4 Å². The van der Waals surface area contributed by atoms with Crippen molar-refractivity contribution >= 4 is 43.0 Å². The van der Waals surface area contributed by atoms with Crippen molar-refractivity contribution in [3.8, 4) is 0 Å². The van der Waals surface area contributed by atoms with E-state index in [9.17, 15) is 13.2 Å². The Morgan fingerprint density at radius 1 is 1.17 bits per heavy atom. The molecule has 0 radical (unpaired) electrons. The highest BCUT2D eigenvalue weighted by Gasteiger charge is 2.31. The maximum absolute atomic E-state index is 13.0. The van der Waals surface area contributed by atoms with E-state index in [-0.39, 0.29) is 29.8 Å². The van der Waals surface area contributed by atoms with Crippen LogP contribution in [0.25, 0.3) is 11.1 Å². The minimum atomic E-state index is -3.63. The fraction of sp³-hybridized carbons (Fsp3) is 0.350. The van der Waals surface area contributed by atoms with E-state index in [1.54, 1.807) is 35.2 Å². The van der Waals surface area contributed by atoms with E-state index in [0.717, 1.165) is 11.1 Å². The van der Waals surface area contributed by atoms with Gasteiger partial charge in [-0.2, -0.15) is 4.31 Å². The molecule has 1 aliphatic heterocycles. The van der Waals surface area contributed by atoms with Crippen molar-refractivity contribution in [1.82, 2.24) is 19.3 Å². The topological polar surface area (TPSA) is 96.6 Å². The van der Waals surface area contributed by atoms with E-state index < -0.39 is 10.0 Å². The van der Waals surface area contributed by atoms with Gasteiger partial charge in [0.15, 0.2) is 0 Å². The van der Waals surface area contributed by atoms with E-state index in [1.165, 1.54) is 10.5 Å². The molecular formula is C20H21BrN4O4S. The molecule has 3 heterocycles. The van der Waals surface area contributed by atoms with Gasteiger partial charge in [0.1, 0.15) is 0 Å². The second-order valence-corrected chi connectivity index (χ2v) is 10.2. The molecule has 3 aromatic rings. The third-order valence-corrected chi connectivity index (χ3v) is 8.04. The lowest BCUT2D eigenvalue weighted by molar-refractivity contribution is 0.0697. The van der Waals surface area contributed by atoms with Gasteiger partial charge in [0.25, 0.3) is 11.6 Å². The minimum absolute atomic E-state index is 0.143. The molecule has 1 aromatic carbocycles. The number of amides is 1. The molecule has 0 saturated carbocycles. The molecule has 0 bridgehead atoms. The van der Waals surface area contributed by atoms with E-state index in [1.807, 2.05) is 13.8 Å². The number of sulfonamides is 1. The third kappa shape index (κ3) is 3.75. The summed E-state index contributed by atoms with van der Waals surface area (Å²) in [6, 6.07) is 8.48. The highest BCUT2D eigenvalue weighted by molar-refractivity contribution is 9.10. The van der Waals surface area contributed by atoms with Crippen LogP contribution < -0.4 is 0 Å². The standard InChI is InChI=1S/C20H21BrN4O4S/c1-13(2)18-15-11-14(12-22-19(15)29-23-18)20(26)24-7-9-25(10-8-24)30(27,28)17-6-4-3-5-16(17)21/h3-6,11-13H,7-10H2,1-2H3. The van der Waals surface area contributed by atoms with Crippen LogP contribution in [-0.2, 0) is 10.0 Å². The van der Waals surface area contributed by atoms with Gasteiger partial charge >= 0.3 is 0 Å². The molecule has 0 N–H and O–H groups in total. The zero-order valence-corrected chi connectivity index (χ0v) is 19.0. The summed E-state index contributed by atoms with van der Waals surface area (Å²) in [5.41, 5.74) is 1.60. The normalized spacial score (nSPS) is 15.8. The number of rotatable bonds is 4. The van der Waals surface area contributed by atoms with E-state index in [0.29, 0.717) is 28.8 Å². The summed E-state index contributed by atoms with van der Waals surface area (Å²) in [6.07, 6.45) is 1.48. The number of aromatic nitrogens is 2. The lowest BCUT2D eigenvalue weighted by Crippen LogP contribution is -2.50. The Labute approximate surface area is 183 Å². The summed E-state index contributed by atoms with van der Waals surface area (Å²) in [6.45, 7) is 5.07. The van der Waals surface area contributed by atoms with Crippen molar-refractivity contribution in [2.24, 2.45) is 0 Å². The zero-order chi connectivity index (χ0) is 21.5. The molecule has 1 amide bonds. The number of pyridine rings is 1. The van der Waals surface area contributed by atoms with Crippen LogP contribution in [-0.4, -0.2) is 59.8 Å². The van der Waals surface area contributed by atoms with Gasteiger partial charge < -0.3 is 9.42 Å². The maximum atomic E-state index is 13.0. The van der Waals surface area contributed by atoms with E-state index >= 15 is 0 Å². The SMILES string of the molecule is CC(C)c1noc2ncc(C(=O)N3CCN(S(=O)(=O)c4ccccc4Br)CC3)cc12. The molecule has 30 heavy (non-hydrogen) atoms. The molecule has 0 atom stereocenters. The first kappa shape index (κ1) is 21.0. The molecule has 158 valence electrons. The van der Waals surface area contributed by atoms with Crippen LogP contribution in [0.3, 0.4) is 0 Å². The number of hydrogen-bond donors (Lipinski definition) is 0. The van der Waals surface area contributed by atoms with Crippen molar-refractivity contribution in [2.75, 3.05) is 26.2 Å². The van der Waals surface area contributed by atoms with Gasteiger partial charge in [0.05, 0.1) is 21.5 Å². The Hall–Kier alpha value is -2.30. The summed E-state index contributed by atoms with van der Waals surface area (Å²) >= 11 is 3.31. The number of carbonyl (C=O) groups is 1. The number of fused-ring (bicyclic) bond motifs is 1. The molecular weight excluding hydrogens is 472 g/mol. The summed E-state index contributed by atoms with van der Waals surface area (Å²) in [5.74, 6) is -0.0392. The second kappa shape index (κ2) is 8.09. The first-order valence-electron chi connectivity index (χ1n) is 9.58. The van der Waals surface area contributed by atoms with Crippen LogP contribution in [0.1, 0.15) is 35.8 Å². The van der Waals surface area contributed by atoms with Crippen LogP contribution in [0.5, 0.6) is 0 Å². The number of halogens is 1. The molecule has 8 nitrogen and oxygen atoms in total. The van der Waals surface area contributed by atoms with Gasteiger partial charge in [-0.25, -0.2) is 13.4 Å². The van der Waals surface area contributed by atoms with Crippen LogP contribution in [0, 0.1) is 0 Å². The fourth-order valence-corrected chi connectivity index (χ4v) is 5.88. The summed E-state index contributed by atoms with van der Waals surface area (Å²) < 4.78 is 33.0. The smallest absolute Gasteiger partial charge is 0.257 e. The lowest BCUT2D eigenvalue weighted by atomic mass is 10.1. The van der Waals surface area contributed by atoms with Crippen molar-refractivity contribution < 1.29 is 17.7 Å². The average Bonchev–Trinajstić information content (AvgIpc) is 3.17. The molecule has 1 saturated heterocycles. The van der Waals surface area contributed by atoms with Gasteiger partial charge in [0.2, 0.25) is 10.0 Å². The largest absolute Gasteiger partial charge is 0.336 e. The Kier molecular flexibility index (Phi) is 5.65. The van der Waals surface area contributed by atoms with Crippen molar-refractivity contribution in [2.45, 2.75) is 24.7 Å². The first-order chi connectivity index (χ1) is 14.3. The Morgan fingerprint density at radius 3 is 2.53 bits per heavy atom. The summed E-state index contributed by atoms with van der Waals surface area (Å²) in [7, 11) is -3.63. The molecule has 1 fully saturated rings. The summed E-state index contributed by atoms with van der Waals surface area (Å²) in [4.78, 5) is 19.1. The summed E-state index contributed by atoms with van der Waals surface area (Å²) in [5, 5.41) is 4.77. The lowest BCUT2D eigenvalue weighted by Gasteiger charge is -2.34. The van der Waals surface area contributed by atoms with Crippen molar-refractivity contribution in [3.63, 3.8) is 0 Å². The fourth-order valence-electron chi connectivity index (χ4n) is 3.49. The average molecular weight is 493 g/mol. The van der Waals surface area contributed by atoms with Gasteiger partial charge in [-0.3, -0.25) is 4.79 Å². The Morgan fingerprint density at radius 2 is 1.87 bits per heavy atom. The zero-order valence-electron chi connectivity index (χ0n) is 16.6. The predicted octanol–water partition coefficient (Wildman–Crippen LogP) is 3.26. The maximum Gasteiger partial charge on any atom is 0.257 e. The third-order valence-electron chi connectivity index (χ3n) is 5.13. The van der Waals surface area contributed by atoms with Crippen LogP contribution >= 0.6 is 15.9 Å². The van der Waals surface area contributed by atoms with Gasteiger partial charge in [-0.15, -0.1) is 0 Å². The van der Waals surface area contributed by atoms with E-state index in [2.05, 4.69) is 26.1 Å². The minimum Gasteiger partial charge on any atom is -0.336 e. The Bertz CT molecular complexity index is 1200. The van der Waals surface area contributed by atoms with Crippen LogP contribution in [0.4, 0.5) is 0 Å². The van der Waals surface area contributed by atoms with Gasteiger partial charge in [-0.05, 0) is 40.0 Å². The molecule has 1 aliphatic rings. The second-order valence-electron chi connectivity index (χ2n) is 7.43. The predicted molar refractivity (Wildman–Crippen MR) is 115 cm³/mol. The molecule has 0 unspecified atom stereocenters. The monoisotopic (exact) mass is 492 g/mol. The van der Waals surface area contributed by atoms with Crippen molar-refractivity contribution in [3.05, 3.63) is 52.3 Å². The Balaban J connectivity index is 1.50. The van der Waals surface area contributed by atoms with Crippen LogP contribution in [0.2, 0.25) is 0 Å². The number of nitrogens with zero attached hydrogens (tertiary/aromatic N) is 4. The van der Waals surface area contributed by atoms with Gasteiger partial charge in [0, 0.05) is 36.8 Å². The number of piperazine rings is 1. The molecule has 10 heteroatoms. The molecule has 2 aromatic heterocycles. The number of benzene rings is 1.